The van der Waals surface area contributed by atoms with E-state index < -0.39 is 0 Å². The highest BCUT2D eigenvalue weighted by Gasteiger charge is 2.21. The largest absolute Gasteiger partial charge is 0.496 e. The lowest BCUT2D eigenvalue weighted by atomic mass is 9.91. The first-order valence-corrected chi connectivity index (χ1v) is 14.0. The number of methoxy groups -OCH3 is 2. The molecule has 41 heavy (non-hydrogen) atoms. The van der Waals surface area contributed by atoms with Gasteiger partial charge < -0.3 is 19.3 Å². The molecule has 1 fully saturated rings. The van der Waals surface area contributed by atoms with Crippen LogP contribution in [0.3, 0.4) is 0 Å². The molecular formula is C35H36ClN3O2. The Morgan fingerprint density at radius 1 is 0.659 bits per heavy atom. The van der Waals surface area contributed by atoms with E-state index in [1.54, 1.807) is 14.2 Å². The zero-order valence-corrected chi connectivity index (χ0v) is 24.7. The second kappa shape index (κ2) is 12.6. The first-order chi connectivity index (χ1) is 19.7. The lowest BCUT2D eigenvalue weighted by molar-refractivity contribution is 0.271. The molecule has 5 aromatic rings. The van der Waals surface area contributed by atoms with Gasteiger partial charge in [0.2, 0.25) is 0 Å². The molecule has 1 aliphatic heterocycles. The van der Waals surface area contributed by atoms with E-state index in [-0.39, 0.29) is 12.4 Å². The summed E-state index contributed by atoms with van der Waals surface area (Å²) in [5.74, 6) is 2.73. The van der Waals surface area contributed by atoms with Crippen molar-refractivity contribution in [3.8, 4) is 45.0 Å². The van der Waals surface area contributed by atoms with E-state index in [9.17, 15) is 0 Å². The lowest BCUT2D eigenvalue weighted by Crippen LogP contribution is -2.46. The summed E-state index contributed by atoms with van der Waals surface area (Å²) < 4.78 is 11.6. The van der Waals surface area contributed by atoms with Gasteiger partial charge in [0.05, 0.1) is 19.9 Å². The number of halogens is 1. The molecular weight excluding hydrogens is 530 g/mol. The second-order valence-electron chi connectivity index (χ2n) is 10.1. The minimum atomic E-state index is 0. The number of hydrogen-bond acceptors (Lipinski definition) is 5. The third-order valence-electron chi connectivity index (χ3n) is 7.95. The van der Waals surface area contributed by atoms with Gasteiger partial charge in [-0.25, -0.2) is 4.98 Å². The van der Waals surface area contributed by atoms with E-state index in [1.165, 1.54) is 10.8 Å². The Morgan fingerprint density at radius 2 is 1.27 bits per heavy atom. The van der Waals surface area contributed by atoms with Gasteiger partial charge in [0.1, 0.15) is 17.3 Å². The van der Waals surface area contributed by atoms with Gasteiger partial charge >= 0.3 is 0 Å². The number of fused-ring (bicyclic) bond motifs is 1. The van der Waals surface area contributed by atoms with Gasteiger partial charge in [-0.3, -0.25) is 0 Å². The van der Waals surface area contributed by atoms with Crippen LogP contribution in [0.4, 0.5) is 5.82 Å². The highest BCUT2D eigenvalue weighted by molar-refractivity contribution is 5.96. The summed E-state index contributed by atoms with van der Waals surface area (Å²) in [4.78, 5) is 10.3. The zero-order chi connectivity index (χ0) is 27.5. The monoisotopic (exact) mass is 565 g/mol. The maximum Gasteiger partial charge on any atom is 0.137 e. The van der Waals surface area contributed by atoms with Gasteiger partial charge in [0.25, 0.3) is 0 Å². The molecule has 1 aromatic heterocycles. The van der Waals surface area contributed by atoms with Crippen molar-refractivity contribution in [2.24, 2.45) is 0 Å². The first-order valence-electron chi connectivity index (χ1n) is 14.0. The van der Waals surface area contributed by atoms with Gasteiger partial charge in [-0.05, 0) is 47.3 Å². The quantitative estimate of drug-likeness (QED) is 0.201. The Kier molecular flexibility index (Phi) is 8.77. The Morgan fingerprint density at radius 3 is 1.93 bits per heavy atom. The Bertz CT molecular complexity index is 1650. The summed E-state index contributed by atoms with van der Waals surface area (Å²) in [6, 6.07) is 33.8. The number of rotatable bonds is 7. The van der Waals surface area contributed by atoms with Crippen molar-refractivity contribution in [1.82, 2.24) is 9.88 Å². The number of hydrogen-bond donors (Lipinski definition) is 0. The second-order valence-corrected chi connectivity index (χ2v) is 10.1. The van der Waals surface area contributed by atoms with Crippen LogP contribution in [0.25, 0.3) is 44.3 Å². The van der Waals surface area contributed by atoms with Crippen LogP contribution in [0.1, 0.15) is 6.92 Å². The van der Waals surface area contributed by atoms with Crippen molar-refractivity contribution >= 4 is 29.0 Å². The topological polar surface area (TPSA) is 37.8 Å². The van der Waals surface area contributed by atoms with E-state index in [0.717, 1.165) is 83.6 Å². The molecule has 0 atom stereocenters. The molecule has 0 unspecified atom stereocenters. The molecule has 6 rings (SSSR count). The van der Waals surface area contributed by atoms with Crippen molar-refractivity contribution in [3.05, 3.63) is 97.1 Å². The van der Waals surface area contributed by atoms with Crippen molar-refractivity contribution in [3.63, 3.8) is 0 Å². The predicted molar refractivity (Wildman–Crippen MR) is 173 cm³/mol. The highest BCUT2D eigenvalue weighted by atomic mass is 35.5. The van der Waals surface area contributed by atoms with Gasteiger partial charge in [-0.1, -0.05) is 79.7 Å². The molecule has 0 amide bonds. The van der Waals surface area contributed by atoms with E-state index in [1.807, 2.05) is 30.3 Å². The van der Waals surface area contributed by atoms with Gasteiger partial charge in [-0.2, -0.15) is 0 Å². The minimum Gasteiger partial charge on any atom is -0.496 e. The fraction of sp³-hybridized carbons (Fsp3) is 0.229. The van der Waals surface area contributed by atoms with E-state index in [4.69, 9.17) is 14.5 Å². The molecule has 0 aliphatic carbocycles. The van der Waals surface area contributed by atoms with E-state index in [0.29, 0.717) is 0 Å². The summed E-state index contributed by atoms with van der Waals surface area (Å²) in [6.07, 6.45) is 0. The van der Waals surface area contributed by atoms with E-state index in [2.05, 4.69) is 83.5 Å². The Hall–Kier alpha value is -4.06. The molecule has 0 bridgehead atoms. The summed E-state index contributed by atoms with van der Waals surface area (Å²) in [7, 11) is 3.44. The van der Waals surface area contributed by atoms with Crippen LogP contribution >= 0.6 is 12.4 Å². The average molecular weight is 566 g/mol. The first kappa shape index (κ1) is 28.5. The van der Waals surface area contributed by atoms with Crippen LogP contribution in [0, 0.1) is 0 Å². The summed E-state index contributed by atoms with van der Waals surface area (Å²) in [6.45, 7) is 7.40. The summed E-state index contributed by atoms with van der Waals surface area (Å²) in [5.41, 5.74) is 6.27. The lowest BCUT2D eigenvalue weighted by Gasteiger charge is -2.35. The number of anilines is 1. The van der Waals surface area contributed by atoms with Crippen LogP contribution in [0.2, 0.25) is 0 Å². The van der Waals surface area contributed by atoms with Crippen molar-refractivity contribution in [2.75, 3.05) is 51.8 Å². The number of piperazine rings is 1. The maximum atomic E-state index is 5.81. The van der Waals surface area contributed by atoms with Gasteiger partial charge in [-0.15, -0.1) is 12.4 Å². The molecule has 0 saturated carbocycles. The number of benzene rings is 4. The Labute approximate surface area is 248 Å². The Balaban J connectivity index is 0.00000337. The zero-order valence-electron chi connectivity index (χ0n) is 23.8. The van der Waals surface area contributed by atoms with Crippen LogP contribution in [-0.4, -0.2) is 56.8 Å². The molecule has 1 aliphatic rings. The third-order valence-corrected chi connectivity index (χ3v) is 7.95. The summed E-state index contributed by atoms with van der Waals surface area (Å²) >= 11 is 0. The minimum absolute atomic E-state index is 0. The van der Waals surface area contributed by atoms with Crippen LogP contribution in [-0.2, 0) is 0 Å². The van der Waals surface area contributed by atoms with Crippen LogP contribution < -0.4 is 14.4 Å². The third kappa shape index (κ3) is 5.61. The van der Waals surface area contributed by atoms with Crippen molar-refractivity contribution in [2.45, 2.75) is 6.92 Å². The molecule has 210 valence electrons. The SMILES string of the molecule is CCN1CCN(c2nc(-c3ccc(-c4ccccc4OC)c(-c4ccccc4OC)c3)cc3ccccc23)CC1.Cl. The van der Waals surface area contributed by atoms with Gasteiger partial charge in [0, 0.05) is 48.3 Å². The fourth-order valence-corrected chi connectivity index (χ4v) is 5.74. The highest BCUT2D eigenvalue weighted by Crippen LogP contribution is 2.42. The molecule has 6 heteroatoms. The standard InChI is InChI=1S/C35H35N3O2.ClH/c1-4-37-19-21-38(22-20-37)35-27-12-6-5-11-25(27)24-32(36-35)26-17-18-28(29-13-7-9-15-33(29)39-2)31(23-26)30-14-8-10-16-34(30)40-3;/h5-18,23-24H,4,19-22H2,1-3H3;1H. The molecule has 0 spiro atoms. The maximum absolute atomic E-state index is 5.81. The number of nitrogens with zero attached hydrogens (tertiary/aromatic N) is 3. The van der Waals surface area contributed by atoms with Gasteiger partial charge in [0.15, 0.2) is 0 Å². The molecule has 0 N–H and O–H groups in total. The number of aromatic nitrogens is 1. The van der Waals surface area contributed by atoms with Crippen LogP contribution in [0.15, 0.2) is 97.1 Å². The van der Waals surface area contributed by atoms with E-state index >= 15 is 0 Å². The molecule has 2 heterocycles. The average Bonchev–Trinajstić information content (AvgIpc) is 3.04. The summed E-state index contributed by atoms with van der Waals surface area (Å²) in [5, 5.41) is 2.40. The number of ether oxygens (including phenoxy) is 2. The smallest absolute Gasteiger partial charge is 0.137 e. The normalized spacial score (nSPS) is 13.6. The number of pyridine rings is 1. The number of likely N-dealkylation sites (N-methyl/N-ethyl adjacent to an activating group) is 1. The van der Waals surface area contributed by atoms with Crippen molar-refractivity contribution < 1.29 is 9.47 Å². The molecule has 0 radical (unpaired) electrons. The molecule has 1 saturated heterocycles. The molecule has 4 aromatic carbocycles. The predicted octanol–water partition coefficient (Wildman–Crippen LogP) is 7.82. The van der Waals surface area contributed by atoms with Crippen molar-refractivity contribution in [1.29, 1.82) is 0 Å². The fourth-order valence-electron chi connectivity index (χ4n) is 5.74. The number of para-hydroxylation sites is 2. The van der Waals surface area contributed by atoms with Crippen LogP contribution in [0.5, 0.6) is 11.5 Å². The molecule has 5 nitrogen and oxygen atoms in total.